The highest BCUT2D eigenvalue weighted by Crippen LogP contribution is 2.39. The van der Waals surface area contributed by atoms with Crippen LogP contribution in [0.3, 0.4) is 0 Å². The molecule has 2 aliphatic carbocycles. The SMILES string of the molecule is CC1CCc2c(sc(NC(=O)CCNC3CC3)c2C#N)C1. The van der Waals surface area contributed by atoms with Crippen LogP contribution in [0.4, 0.5) is 5.00 Å². The van der Waals surface area contributed by atoms with Crippen LogP contribution in [0.25, 0.3) is 0 Å². The van der Waals surface area contributed by atoms with Crippen molar-refractivity contribution in [1.82, 2.24) is 5.32 Å². The predicted molar refractivity (Wildman–Crippen MR) is 84.5 cm³/mol. The number of hydrogen-bond donors (Lipinski definition) is 2. The summed E-state index contributed by atoms with van der Waals surface area (Å²) in [4.78, 5) is 13.3. The first-order chi connectivity index (χ1) is 10.2. The van der Waals surface area contributed by atoms with Gasteiger partial charge < -0.3 is 10.6 Å². The molecule has 2 aliphatic rings. The van der Waals surface area contributed by atoms with Gasteiger partial charge in [0.05, 0.1) is 5.56 Å². The molecular formula is C16H21N3OS. The summed E-state index contributed by atoms with van der Waals surface area (Å²) in [7, 11) is 0. The lowest BCUT2D eigenvalue weighted by Crippen LogP contribution is -2.23. The van der Waals surface area contributed by atoms with E-state index < -0.39 is 0 Å². The molecule has 3 rings (SSSR count). The molecule has 0 saturated heterocycles. The minimum atomic E-state index is 0.00583. The molecule has 1 saturated carbocycles. The smallest absolute Gasteiger partial charge is 0.226 e. The first-order valence-corrected chi connectivity index (χ1v) is 8.57. The van der Waals surface area contributed by atoms with Crippen LogP contribution in [0.1, 0.15) is 48.6 Å². The van der Waals surface area contributed by atoms with Gasteiger partial charge in [-0.3, -0.25) is 4.79 Å². The molecule has 1 heterocycles. The Morgan fingerprint density at radius 2 is 2.24 bits per heavy atom. The van der Waals surface area contributed by atoms with E-state index in [4.69, 9.17) is 0 Å². The van der Waals surface area contributed by atoms with Gasteiger partial charge >= 0.3 is 0 Å². The number of thiophene rings is 1. The number of rotatable bonds is 5. The summed E-state index contributed by atoms with van der Waals surface area (Å²) in [5.74, 6) is 0.681. The number of carbonyl (C=O) groups is 1. The van der Waals surface area contributed by atoms with Crippen LogP contribution in [0.2, 0.25) is 0 Å². The maximum atomic E-state index is 12.0. The molecule has 2 N–H and O–H groups in total. The van der Waals surface area contributed by atoms with Crippen LogP contribution >= 0.6 is 11.3 Å². The third-order valence-electron chi connectivity index (χ3n) is 4.24. The van der Waals surface area contributed by atoms with E-state index in [1.165, 1.54) is 23.3 Å². The summed E-state index contributed by atoms with van der Waals surface area (Å²) in [5.41, 5.74) is 1.87. The zero-order valence-corrected chi connectivity index (χ0v) is 13.2. The summed E-state index contributed by atoms with van der Waals surface area (Å²) in [6, 6.07) is 2.92. The average Bonchev–Trinajstić information content (AvgIpc) is 3.20. The van der Waals surface area contributed by atoms with E-state index in [1.807, 2.05) is 0 Å². The highest BCUT2D eigenvalue weighted by Gasteiger charge is 2.25. The van der Waals surface area contributed by atoms with Crippen molar-refractivity contribution in [2.45, 2.75) is 51.5 Å². The molecule has 1 aromatic rings. The minimum absolute atomic E-state index is 0.00583. The van der Waals surface area contributed by atoms with Crippen molar-refractivity contribution in [3.8, 4) is 6.07 Å². The van der Waals surface area contributed by atoms with E-state index in [0.717, 1.165) is 30.8 Å². The van der Waals surface area contributed by atoms with Crippen molar-refractivity contribution in [3.63, 3.8) is 0 Å². The second-order valence-electron chi connectivity index (χ2n) is 6.19. The molecule has 1 atom stereocenters. The monoisotopic (exact) mass is 303 g/mol. The molecule has 1 amide bonds. The quantitative estimate of drug-likeness (QED) is 0.879. The maximum Gasteiger partial charge on any atom is 0.226 e. The van der Waals surface area contributed by atoms with Crippen LogP contribution in [-0.4, -0.2) is 18.5 Å². The molecule has 0 spiro atoms. The van der Waals surface area contributed by atoms with E-state index in [1.54, 1.807) is 11.3 Å². The van der Waals surface area contributed by atoms with Crippen LogP contribution in [-0.2, 0) is 17.6 Å². The lowest BCUT2D eigenvalue weighted by Gasteiger charge is -2.17. The second kappa shape index (κ2) is 6.17. The number of fused-ring (bicyclic) bond motifs is 1. The number of anilines is 1. The lowest BCUT2D eigenvalue weighted by atomic mass is 9.89. The van der Waals surface area contributed by atoms with Crippen molar-refractivity contribution in [2.75, 3.05) is 11.9 Å². The molecule has 0 aromatic carbocycles. The van der Waals surface area contributed by atoms with Gasteiger partial charge in [-0.15, -0.1) is 11.3 Å². The fraction of sp³-hybridized carbons (Fsp3) is 0.625. The second-order valence-corrected chi connectivity index (χ2v) is 7.30. The van der Waals surface area contributed by atoms with Crippen LogP contribution < -0.4 is 10.6 Å². The van der Waals surface area contributed by atoms with Gasteiger partial charge in [0, 0.05) is 23.9 Å². The Labute approximate surface area is 129 Å². The number of nitrogens with zero attached hydrogens (tertiary/aromatic N) is 1. The fourth-order valence-corrected chi connectivity index (χ4v) is 4.20. The van der Waals surface area contributed by atoms with Gasteiger partial charge in [0.25, 0.3) is 0 Å². The van der Waals surface area contributed by atoms with E-state index in [0.29, 0.717) is 23.9 Å². The van der Waals surface area contributed by atoms with Crippen molar-refractivity contribution >= 4 is 22.2 Å². The molecule has 21 heavy (non-hydrogen) atoms. The van der Waals surface area contributed by atoms with Gasteiger partial charge in [-0.05, 0) is 43.6 Å². The first-order valence-electron chi connectivity index (χ1n) is 7.75. The highest BCUT2D eigenvalue weighted by molar-refractivity contribution is 7.16. The summed E-state index contributed by atoms with van der Waals surface area (Å²) in [6.07, 6.45) is 6.08. The molecule has 112 valence electrons. The zero-order valence-electron chi connectivity index (χ0n) is 12.4. The van der Waals surface area contributed by atoms with Gasteiger partial charge in [0.15, 0.2) is 0 Å². The zero-order chi connectivity index (χ0) is 14.8. The summed E-state index contributed by atoms with van der Waals surface area (Å²) in [5, 5.41) is 16.4. The summed E-state index contributed by atoms with van der Waals surface area (Å²) < 4.78 is 0. The Balaban J connectivity index is 1.64. The Morgan fingerprint density at radius 3 is 2.95 bits per heavy atom. The van der Waals surface area contributed by atoms with Gasteiger partial charge in [-0.25, -0.2) is 0 Å². The van der Waals surface area contributed by atoms with Gasteiger partial charge in [-0.2, -0.15) is 5.26 Å². The minimum Gasteiger partial charge on any atom is -0.317 e. The van der Waals surface area contributed by atoms with Gasteiger partial charge in [0.2, 0.25) is 5.91 Å². The largest absolute Gasteiger partial charge is 0.317 e. The number of carbonyl (C=O) groups excluding carboxylic acids is 1. The van der Waals surface area contributed by atoms with Crippen molar-refractivity contribution in [3.05, 3.63) is 16.0 Å². The number of hydrogen-bond acceptors (Lipinski definition) is 4. The summed E-state index contributed by atoms with van der Waals surface area (Å²) >= 11 is 1.60. The maximum absolute atomic E-state index is 12.0. The molecule has 0 aliphatic heterocycles. The third kappa shape index (κ3) is 3.45. The van der Waals surface area contributed by atoms with Crippen molar-refractivity contribution < 1.29 is 4.79 Å². The molecule has 5 heteroatoms. The standard InChI is InChI=1S/C16H21N3OS/c1-10-2-5-12-13(9-17)16(21-14(12)8-10)19-15(20)6-7-18-11-3-4-11/h10-11,18H,2-8H2,1H3,(H,19,20). The lowest BCUT2D eigenvalue weighted by molar-refractivity contribution is -0.116. The van der Waals surface area contributed by atoms with E-state index in [2.05, 4.69) is 23.6 Å². The van der Waals surface area contributed by atoms with Crippen LogP contribution in [0.15, 0.2) is 0 Å². The first kappa shape index (κ1) is 14.6. The topological polar surface area (TPSA) is 64.9 Å². The molecule has 0 radical (unpaired) electrons. The Bertz CT molecular complexity index is 583. The van der Waals surface area contributed by atoms with E-state index >= 15 is 0 Å². The van der Waals surface area contributed by atoms with Crippen LogP contribution in [0, 0.1) is 17.2 Å². The highest BCUT2D eigenvalue weighted by atomic mass is 32.1. The molecule has 4 nitrogen and oxygen atoms in total. The summed E-state index contributed by atoms with van der Waals surface area (Å²) in [6.45, 7) is 2.97. The third-order valence-corrected chi connectivity index (χ3v) is 5.41. The Morgan fingerprint density at radius 1 is 1.43 bits per heavy atom. The molecule has 0 bridgehead atoms. The Hall–Kier alpha value is -1.38. The predicted octanol–water partition coefficient (Wildman–Crippen LogP) is 2.83. The van der Waals surface area contributed by atoms with E-state index in [9.17, 15) is 10.1 Å². The number of amides is 1. The van der Waals surface area contributed by atoms with Crippen molar-refractivity contribution in [1.29, 1.82) is 5.26 Å². The van der Waals surface area contributed by atoms with Gasteiger partial charge in [-0.1, -0.05) is 6.92 Å². The van der Waals surface area contributed by atoms with Gasteiger partial charge in [0.1, 0.15) is 11.1 Å². The van der Waals surface area contributed by atoms with Crippen molar-refractivity contribution in [2.24, 2.45) is 5.92 Å². The molecule has 1 fully saturated rings. The van der Waals surface area contributed by atoms with Crippen LogP contribution in [0.5, 0.6) is 0 Å². The number of nitriles is 1. The average molecular weight is 303 g/mol. The fourth-order valence-electron chi connectivity index (χ4n) is 2.82. The number of nitrogens with one attached hydrogen (secondary N) is 2. The van der Waals surface area contributed by atoms with E-state index in [-0.39, 0.29) is 5.91 Å². The molecular weight excluding hydrogens is 282 g/mol. The molecule has 1 aromatic heterocycles. The normalized spacial score (nSPS) is 20.7. The Kier molecular flexibility index (Phi) is 4.27. The molecule has 1 unspecified atom stereocenters.